The molecule has 1 atom stereocenters. The molecule has 0 aromatic heterocycles. The fourth-order valence-electron chi connectivity index (χ4n) is 1.96. The molecule has 0 bridgehead atoms. The molecule has 1 amide bonds. The monoisotopic (exact) mass is 367 g/mol. The van der Waals surface area contributed by atoms with E-state index in [0.29, 0.717) is 16.3 Å². The van der Waals surface area contributed by atoms with Gasteiger partial charge in [0.15, 0.2) is 0 Å². The SMILES string of the molecule is COc1cc(Br)ccc1C(=O)NC(C)c1ccc(Cl)cc1. The van der Waals surface area contributed by atoms with E-state index in [1.807, 2.05) is 25.1 Å². The van der Waals surface area contributed by atoms with Gasteiger partial charge in [-0.25, -0.2) is 0 Å². The van der Waals surface area contributed by atoms with E-state index in [1.165, 1.54) is 0 Å². The van der Waals surface area contributed by atoms with Gasteiger partial charge in [-0.15, -0.1) is 0 Å². The van der Waals surface area contributed by atoms with E-state index in [4.69, 9.17) is 16.3 Å². The number of hydrogen-bond donors (Lipinski definition) is 1. The summed E-state index contributed by atoms with van der Waals surface area (Å²) in [4.78, 5) is 12.4. The van der Waals surface area contributed by atoms with Crippen LogP contribution in [0, 0.1) is 0 Å². The summed E-state index contributed by atoms with van der Waals surface area (Å²) < 4.78 is 6.10. The van der Waals surface area contributed by atoms with E-state index in [0.717, 1.165) is 10.0 Å². The zero-order valence-electron chi connectivity index (χ0n) is 11.7. The van der Waals surface area contributed by atoms with Crippen LogP contribution in [0.3, 0.4) is 0 Å². The molecule has 3 nitrogen and oxygen atoms in total. The number of benzene rings is 2. The lowest BCUT2D eigenvalue weighted by atomic mass is 10.1. The Balaban J connectivity index is 2.16. The highest BCUT2D eigenvalue weighted by Gasteiger charge is 2.15. The standard InChI is InChI=1S/C16H15BrClNO2/c1-10(11-3-6-13(18)7-4-11)19-16(20)14-8-5-12(17)9-15(14)21-2/h3-10H,1-2H3,(H,19,20). The van der Waals surface area contributed by atoms with Crippen LogP contribution in [0.15, 0.2) is 46.9 Å². The molecule has 0 aliphatic carbocycles. The number of methoxy groups -OCH3 is 1. The number of nitrogens with one attached hydrogen (secondary N) is 1. The largest absolute Gasteiger partial charge is 0.496 e. The summed E-state index contributed by atoms with van der Waals surface area (Å²) in [6.45, 7) is 1.92. The summed E-state index contributed by atoms with van der Waals surface area (Å²) in [5.41, 5.74) is 1.49. The van der Waals surface area contributed by atoms with Crippen LogP contribution in [0.4, 0.5) is 0 Å². The van der Waals surface area contributed by atoms with Crippen LogP contribution in [0.2, 0.25) is 5.02 Å². The molecule has 0 saturated carbocycles. The first-order valence-corrected chi connectivity index (χ1v) is 7.58. The minimum absolute atomic E-state index is 0.122. The highest BCUT2D eigenvalue weighted by atomic mass is 79.9. The average Bonchev–Trinajstić information content (AvgIpc) is 2.47. The maximum atomic E-state index is 12.4. The lowest BCUT2D eigenvalue weighted by molar-refractivity contribution is 0.0937. The van der Waals surface area contributed by atoms with Crippen LogP contribution in [-0.4, -0.2) is 13.0 Å². The van der Waals surface area contributed by atoms with E-state index in [1.54, 1.807) is 31.4 Å². The third-order valence-electron chi connectivity index (χ3n) is 3.13. The lowest BCUT2D eigenvalue weighted by Gasteiger charge is -2.16. The average molecular weight is 369 g/mol. The smallest absolute Gasteiger partial charge is 0.255 e. The number of carbonyl (C=O) groups excluding carboxylic acids is 1. The molecule has 0 saturated heterocycles. The normalized spacial score (nSPS) is 11.8. The van der Waals surface area contributed by atoms with E-state index in [9.17, 15) is 4.79 Å². The predicted octanol–water partition coefficient (Wildman–Crippen LogP) is 4.60. The van der Waals surface area contributed by atoms with Gasteiger partial charge in [-0.05, 0) is 42.8 Å². The quantitative estimate of drug-likeness (QED) is 0.856. The van der Waals surface area contributed by atoms with Crippen molar-refractivity contribution in [3.8, 4) is 5.75 Å². The first-order valence-electron chi connectivity index (χ1n) is 6.41. The van der Waals surface area contributed by atoms with Crippen LogP contribution in [0.25, 0.3) is 0 Å². The van der Waals surface area contributed by atoms with Gasteiger partial charge in [0.2, 0.25) is 0 Å². The molecule has 21 heavy (non-hydrogen) atoms. The second kappa shape index (κ2) is 6.96. The van der Waals surface area contributed by atoms with Crippen LogP contribution in [0.5, 0.6) is 5.75 Å². The first kappa shape index (κ1) is 15.9. The Hall–Kier alpha value is -1.52. The Labute approximate surface area is 137 Å². The van der Waals surface area contributed by atoms with E-state index >= 15 is 0 Å². The molecule has 2 rings (SSSR count). The van der Waals surface area contributed by atoms with Gasteiger partial charge in [0.1, 0.15) is 5.75 Å². The lowest BCUT2D eigenvalue weighted by Crippen LogP contribution is -2.27. The fourth-order valence-corrected chi connectivity index (χ4v) is 2.43. The zero-order valence-corrected chi connectivity index (χ0v) is 14.0. The molecule has 110 valence electrons. The van der Waals surface area contributed by atoms with Gasteiger partial charge in [-0.3, -0.25) is 4.79 Å². The van der Waals surface area contributed by atoms with Crippen LogP contribution in [-0.2, 0) is 0 Å². The van der Waals surface area contributed by atoms with Crippen molar-refractivity contribution >= 4 is 33.4 Å². The van der Waals surface area contributed by atoms with E-state index in [-0.39, 0.29) is 11.9 Å². The predicted molar refractivity (Wildman–Crippen MR) is 88.0 cm³/mol. The highest BCUT2D eigenvalue weighted by molar-refractivity contribution is 9.10. The number of halogens is 2. The first-order chi connectivity index (χ1) is 10.0. The van der Waals surface area contributed by atoms with Crippen LogP contribution in [0.1, 0.15) is 28.9 Å². The van der Waals surface area contributed by atoms with Crippen molar-refractivity contribution < 1.29 is 9.53 Å². The van der Waals surface area contributed by atoms with Crippen molar-refractivity contribution in [3.05, 3.63) is 63.1 Å². The van der Waals surface area contributed by atoms with Crippen molar-refractivity contribution in [2.24, 2.45) is 0 Å². The fraction of sp³-hybridized carbons (Fsp3) is 0.188. The van der Waals surface area contributed by atoms with Crippen molar-refractivity contribution in [1.29, 1.82) is 0 Å². The summed E-state index contributed by atoms with van der Waals surface area (Å²) in [5.74, 6) is 0.354. The Morgan fingerprint density at radius 3 is 2.52 bits per heavy atom. The van der Waals surface area contributed by atoms with E-state index in [2.05, 4.69) is 21.2 Å². The van der Waals surface area contributed by atoms with Gasteiger partial charge in [0, 0.05) is 9.50 Å². The Morgan fingerprint density at radius 2 is 1.90 bits per heavy atom. The molecule has 0 heterocycles. The van der Waals surface area contributed by atoms with Gasteiger partial charge in [-0.1, -0.05) is 39.7 Å². The highest BCUT2D eigenvalue weighted by Crippen LogP contribution is 2.24. The van der Waals surface area contributed by atoms with Crippen molar-refractivity contribution in [2.45, 2.75) is 13.0 Å². The van der Waals surface area contributed by atoms with Crippen molar-refractivity contribution in [3.63, 3.8) is 0 Å². The number of amides is 1. The maximum absolute atomic E-state index is 12.4. The maximum Gasteiger partial charge on any atom is 0.255 e. The van der Waals surface area contributed by atoms with Crippen molar-refractivity contribution in [2.75, 3.05) is 7.11 Å². The summed E-state index contributed by atoms with van der Waals surface area (Å²) in [7, 11) is 1.54. The summed E-state index contributed by atoms with van der Waals surface area (Å²) in [6.07, 6.45) is 0. The molecule has 0 aliphatic heterocycles. The molecular formula is C16H15BrClNO2. The van der Waals surface area contributed by atoms with E-state index < -0.39 is 0 Å². The molecule has 0 radical (unpaired) electrons. The molecule has 0 fully saturated rings. The number of hydrogen-bond acceptors (Lipinski definition) is 2. The van der Waals surface area contributed by atoms with Gasteiger partial charge < -0.3 is 10.1 Å². The number of ether oxygens (including phenoxy) is 1. The number of rotatable bonds is 4. The summed E-state index contributed by atoms with van der Waals surface area (Å²) in [6, 6.07) is 12.6. The summed E-state index contributed by atoms with van der Waals surface area (Å²) >= 11 is 9.22. The third kappa shape index (κ3) is 3.99. The van der Waals surface area contributed by atoms with Crippen LogP contribution >= 0.6 is 27.5 Å². The van der Waals surface area contributed by atoms with Gasteiger partial charge in [-0.2, -0.15) is 0 Å². The molecule has 5 heteroatoms. The second-order valence-corrected chi connectivity index (χ2v) is 5.94. The molecule has 1 N–H and O–H groups in total. The molecule has 2 aromatic rings. The zero-order chi connectivity index (χ0) is 15.4. The molecule has 0 spiro atoms. The third-order valence-corrected chi connectivity index (χ3v) is 3.87. The minimum atomic E-state index is -0.179. The summed E-state index contributed by atoms with van der Waals surface area (Å²) in [5, 5.41) is 3.62. The Kier molecular flexibility index (Phi) is 5.26. The van der Waals surface area contributed by atoms with Crippen LogP contribution < -0.4 is 10.1 Å². The molecular weight excluding hydrogens is 354 g/mol. The van der Waals surface area contributed by atoms with Crippen molar-refractivity contribution in [1.82, 2.24) is 5.32 Å². The molecule has 1 unspecified atom stereocenters. The van der Waals surface area contributed by atoms with Gasteiger partial charge in [0.05, 0.1) is 18.7 Å². The van der Waals surface area contributed by atoms with Gasteiger partial charge in [0.25, 0.3) is 5.91 Å². The Bertz CT molecular complexity index is 643. The molecule has 0 aliphatic rings. The number of carbonyl (C=O) groups is 1. The Morgan fingerprint density at radius 1 is 1.24 bits per heavy atom. The minimum Gasteiger partial charge on any atom is -0.496 e. The topological polar surface area (TPSA) is 38.3 Å². The molecule has 2 aromatic carbocycles. The van der Waals surface area contributed by atoms with Gasteiger partial charge >= 0.3 is 0 Å². The second-order valence-electron chi connectivity index (χ2n) is 4.59.